The van der Waals surface area contributed by atoms with Crippen molar-refractivity contribution in [3.63, 3.8) is 0 Å². The molecule has 0 unspecified atom stereocenters. The Labute approximate surface area is 103 Å². The summed E-state index contributed by atoms with van der Waals surface area (Å²) in [5, 5.41) is 10.1. The van der Waals surface area contributed by atoms with Crippen LogP contribution in [0.2, 0.25) is 0 Å². The summed E-state index contributed by atoms with van der Waals surface area (Å²) in [6.45, 7) is 0. The standard InChI is InChI=1S/C6H4BrNO2.Cl2O2S/c7-5-1-3-6(4-2-5)8(9)10;1-5(2,3)4/h1-4H;. The van der Waals surface area contributed by atoms with Crippen LogP contribution in [0.25, 0.3) is 0 Å². The molecule has 0 aliphatic heterocycles. The molecule has 1 aromatic carbocycles. The lowest BCUT2D eigenvalue weighted by atomic mass is 10.3. The lowest BCUT2D eigenvalue weighted by Gasteiger charge is -1.88. The number of benzene rings is 1. The molecule has 0 saturated carbocycles. The minimum absolute atomic E-state index is 0.114. The van der Waals surface area contributed by atoms with Crippen molar-refractivity contribution in [2.45, 2.75) is 0 Å². The van der Waals surface area contributed by atoms with Gasteiger partial charge in [-0.2, -0.15) is 8.42 Å². The first-order valence-corrected chi connectivity index (χ1v) is 7.17. The van der Waals surface area contributed by atoms with E-state index in [0.717, 1.165) is 4.47 Å². The Morgan fingerprint density at radius 3 is 1.80 bits per heavy atom. The summed E-state index contributed by atoms with van der Waals surface area (Å²) < 4.78 is 19.2. The average Bonchev–Trinajstić information content (AvgIpc) is 2.01. The molecule has 0 spiro atoms. The van der Waals surface area contributed by atoms with Crippen LogP contribution >= 0.6 is 37.3 Å². The molecule has 84 valence electrons. The third kappa shape index (κ3) is 9.92. The SMILES string of the molecule is O=S(=O)(Cl)Cl.O=[N+]([O-])c1ccc(Br)cc1. The molecule has 0 radical (unpaired) electrons. The molecule has 0 bridgehead atoms. The minimum Gasteiger partial charge on any atom is -0.258 e. The second-order valence-electron chi connectivity index (χ2n) is 2.11. The van der Waals surface area contributed by atoms with E-state index in [1.54, 1.807) is 12.1 Å². The molecular formula is C6H4BrCl2NO4S. The predicted octanol–water partition coefficient (Wildman–Crippen LogP) is 3.07. The van der Waals surface area contributed by atoms with Crippen LogP contribution in [-0.4, -0.2) is 13.3 Å². The number of nitro groups is 1. The summed E-state index contributed by atoms with van der Waals surface area (Å²) in [5.41, 5.74) is 0.114. The number of non-ortho nitro benzene ring substituents is 1. The molecule has 0 aliphatic rings. The molecule has 1 rings (SSSR count). The fraction of sp³-hybridized carbons (Fsp3) is 0. The van der Waals surface area contributed by atoms with Gasteiger partial charge in [0.05, 0.1) is 4.92 Å². The Bertz CT molecular complexity index is 425. The second kappa shape index (κ2) is 6.26. The van der Waals surface area contributed by atoms with Gasteiger partial charge >= 0.3 is 8.26 Å². The van der Waals surface area contributed by atoms with E-state index in [4.69, 9.17) is 8.42 Å². The van der Waals surface area contributed by atoms with Crippen LogP contribution < -0.4 is 0 Å². The van der Waals surface area contributed by atoms with Crippen molar-refractivity contribution in [2.75, 3.05) is 0 Å². The molecule has 1 aromatic rings. The summed E-state index contributed by atoms with van der Waals surface area (Å²) in [6, 6.07) is 6.17. The van der Waals surface area contributed by atoms with Crippen molar-refractivity contribution in [3.05, 3.63) is 38.9 Å². The van der Waals surface area contributed by atoms with E-state index < -0.39 is 13.2 Å². The summed E-state index contributed by atoms with van der Waals surface area (Å²) in [4.78, 5) is 9.68. The van der Waals surface area contributed by atoms with Crippen LogP contribution in [0.5, 0.6) is 0 Å². The van der Waals surface area contributed by atoms with Gasteiger partial charge in [0.2, 0.25) is 0 Å². The van der Waals surface area contributed by atoms with E-state index in [0.29, 0.717) is 0 Å². The smallest absolute Gasteiger partial charge is 0.258 e. The highest BCUT2D eigenvalue weighted by Crippen LogP contribution is 2.15. The highest BCUT2D eigenvalue weighted by Gasteiger charge is 2.01. The topological polar surface area (TPSA) is 77.3 Å². The van der Waals surface area contributed by atoms with Crippen molar-refractivity contribution in [3.8, 4) is 0 Å². The largest absolute Gasteiger partial charge is 0.317 e. The Kier molecular flexibility index (Phi) is 6.11. The van der Waals surface area contributed by atoms with Gasteiger partial charge in [0.15, 0.2) is 0 Å². The highest BCUT2D eigenvalue weighted by atomic mass is 79.9. The van der Waals surface area contributed by atoms with Crippen LogP contribution in [0.4, 0.5) is 5.69 Å². The van der Waals surface area contributed by atoms with Crippen molar-refractivity contribution in [1.29, 1.82) is 0 Å². The van der Waals surface area contributed by atoms with Crippen molar-refractivity contribution in [2.24, 2.45) is 0 Å². The van der Waals surface area contributed by atoms with Crippen molar-refractivity contribution >= 4 is 51.2 Å². The van der Waals surface area contributed by atoms with E-state index in [-0.39, 0.29) is 5.69 Å². The fourth-order valence-electron chi connectivity index (χ4n) is 0.563. The average molecular weight is 337 g/mol. The number of hydrogen-bond donors (Lipinski definition) is 0. The van der Waals surface area contributed by atoms with Gasteiger partial charge in [-0.15, -0.1) is 0 Å². The van der Waals surface area contributed by atoms with Gasteiger partial charge in [0.1, 0.15) is 0 Å². The predicted molar refractivity (Wildman–Crippen MR) is 61.4 cm³/mol. The van der Waals surface area contributed by atoms with Gasteiger partial charge in [-0.1, -0.05) is 15.9 Å². The Morgan fingerprint density at radius 2 is 1.53 bits per heavy atom. The van der Waals surface area contributed by atoms with Gasteiger partial charge in [0, 0.05) is 38.0 Å². The first-order chi connectivity index (χ1) is 6.70. The maximum Gasteiger partial charge on any atom is 0.317 e. The lowest BCUT2D eigenvalue weighted by Crippen LogP contribution is -1.85. The maximum atomic E-state index is 10.1. The molecule has 0 saturated heterocycles. The van der Waals surface area contributed by atoms with Crippen molar-refractivity contribution in [1.82, 2.24) is 0 Å². The van der Waals surface area contributed by atoms with Gasteiger partial charge < -0.3 is 0 Å². The third-order valence-electron chi connectivity index (χ3n) is 1.04. The summed E-state index contributed by atoms with van der Waals surface area (Å²) in [5.74, 6) is 0. The molecule has 0 aromatic heterocycles. The molecule has 0 aliphatic carbocycles. The van der Waals surface area contributed by atoms with Crippen LogP contribution in [0.15, 0.2) is 28.7 Å². The molecule has 0 fully saturated rings. The first kappa shape index (κ1) is 14.6. The molecule has 9 heteroatoms. The van der Waals surface area contributed by atoms with Gasteiger partial charge in [-0.3, -0.25) is 10.1 Å². The monoisotopic (exact) mass is 335 g/mol. The molecule has 0 N–H and O–H groups in total. The number of nitro benzene ring substituents is 1. The maximum absolute atomic E-state index is 10.1. The van der Waals surface area contributed by atoms with E-state index >= 15 is 0 Å². The van der Waals surface area contributed by atoms with E-state index in [2.05, 4.69) is 37.3 Å². The first-order valence-electron chi connectivity index (χ1n) is 3.24. The normalized spacial score (nSPS) is 10.1. The Hall–Kier alpha value is -0.370. The molecule has 15 heavy (non-hydrogen) atoms. The van der Waals surface area contributed by atoms with Gasteiger partial charge in [-0.05, 0) is 12.1 Å². The second-order valence-corrected chi connectivity index (χ2v) is 6.70. The lowest BCUT2D eigenvalue weighted by molar-refractivity contribution is -0.384. The molecule has 0 amide bonds. The zero-order valence-electron chi connectivity index (χ0n) is 6.93. The molecule has 5 nitrogen and oxygen atoms in total. The van der Waals surface area contributed by atoms with Crippen LogP contribution in [0.1, 0.15) is 0 Å². The number of hydrogen-bond acceptors (Lipinski definition) is 4. The van der Waals surface area contributed by atoms with E-state index in [9.17, 15) is 10.1 Å². The molecule has 0 heterocycles. The fourth-order valence-corrected chi connectivity index (χ4v) is 0.827. The minimum atomic E-state index is -3.72. The quantitative estimate of drug-likeness (QED) is 0.448. The number of halogens is 3. The number of rotatable bonds is 1. The van der Waals surface area contributed by atoms with E-state index in [1.807, 2.05) is 0 Å². The third-order valence-corrected chi connectivity index (χ3v) is 1.57. The van der Waals surface area contributed by atoms with Gasteiger partial charge in [0.25, 0.3) is 5.69 Å². The van der Waals surface area contributed by atoms with Gasteiger partial charge in [-0.25, -0.2) is 0 Å². The highest BCUT2D eigenvalue weighted by molar-refractivity contribution is 9.10. The van der Waals surface area contributed by atoms with Crippen LogP contribution in [0, 0.1) is 10.1 Å². The van der Waals surface area contributed by atoms with Crippen LogP contribution in [0.3, 0.4) is 0 Å². The Morgan fingerprint density at radius 1 is 1.20 bits per heavy atom. The van der Waals surface area contributed by atoms with E-state index in [1.165, 1.54) is 12.1 Å². The van der Waals surface area contributed by atoms with Crippen LogP contribution in [-0.2, 0) is 8.26 Å². The van der Waals surface area contributed by atoms with Crippen molar-refractivity contribution < 1.29 is 13.3 Å². The molecular weight excluding hydrogens is 333 g/mol. The molecule has 0 atom stereocenters. The number of nitrogens with zero attached hydrogens (tertiary/aromatic N) is 1. The zero-order chi connectivity index (χ0) is 12.1. The Balaban J connectivity index is 0.000000336. The summed E-state index contributed by atoms with van der Waals surface area (Å²) >= 11 is 3.17. The zero-order valence-corrected chi connectivity index (χ0v) is 10.8. The summed E-state index contributed by atoms with van der Waals surface area (Å²) in [6.07, 6.45) is 0. The summed E-state index contributed by atoms with van der Waals surface area (Å²) in [7, 11) is 4.81.